The highest BCUT2D eigenvalue weighted by molar-refractivity contribution is 6.24. The van der Waals surface area contributed by atoms with Crippen LogP contribution in [0.5, 0.6) is 0 Å². The molecule has 0 atom stereocenters. The van der Waals surface area contributed by atoms with Crippen LogP contribution in [0.15, 0.2) is 77.4 Å². The van der Waals surface area contributed by atoms with Gasteiger partial charge in [0.15, 0.2) is 5.82 Å². The molecule has 4 aromatic rings. The number of rotatable bonds is 6. The van der Waals surface area contributed by atoms with Crippen LogP contribution in [0.2, 0.25) is 0 Å². The van der Waals surface area contributed by atoms with E-state index >= 15 is 0 Å². The molecule has 1 amide bonds. The minimum atomic E-state index is -0.354. The maximum Gasteiger partial charge on any atom is 0.274 e. The van der Waals surface area contributed by atoms with Crippen molar-refractivity contribution in [3.8, 4) is 11.4 Å². The van der Waals surface area contributed by atoms with Crippen molar-refractivity contribution in [3.63, 3.8) is 0 Å². The molecular formula is C23H21N5O2. The van der Waals surface area contributed by atoms with Gasteiger partial charge in [-0.2, -0.15) is 4.68 Å². The molecule has 0 aliphatic rings. The molecule has 2 aromatic heterocycles. The Morgan fingerprint density at radius 3 is 2.47 bits per heavy atom. The average Bonchev–Trinajstić information content (AvgIpc) is 3.45. The van der Waals surface area contributed by atoms with E-state index in [1.807, 2.05) is 54.6 Å². The van der Waals surface area contributed by atoms with E-state index in [0.717, 1.165) is 5.56 Å². The third-order valence-electron chi connectivity index (χ3n) is 4.62. The van der Waals surface area contributed by atoms with Crippen LogP contribution in [0.25, 0.3) is 23.2 Å². The molecule has 0 spiro atoms. The quantitative estimate of drug-likeness (QED) is 0.475. The van der Waals surface area contributed by atoms with E-state index in [2.05, 4.69) is 34.7 Å². The monoisotopic (exact) mass is 399 g/mol. The lowest BCUT2D eigenvalue weighted by molar-refractivity contribution is -0.111. The van der Waals surface area contributed by atoms with Crippen molar-refractivity contribution in [2.75, 3.05) is 5.32 Å². The summed E-state index contributed by atoms with van der Waals surface area (Å²) in [6.07, 6.45) is 3.16. The van der Waals surface area contributed by atoms with Gasteiger partial charge in [-0.15, -0.1) is 5.10 Å². The minimum absolute atomic E-state index is 0.238. The van der Waals surface area contributed by atoms with Gasteiger partial charge in [0, 0.05) is 17.3 Å². The van der Waals surface area contributed by atoms with E-state index in [4.69, 9.17) is 4.42 Å². The van der Waals surface area contributed by atoms with Crippen molar-refractivity contribution in [2.45, 2.75) is 19.8 Å². The molecule has 0 unspecified atom stereocenters. The predicted octanol–water partition coefficient (Wildman–Crippen LogP) is 4.69. The summed E-state index contributed by atoms with van der Waals surface area (Å²) in [7, 11) is 0. The van der Waals surface area contributed by atoms with Gasteiger partial charge >= 0.3 is 0 Å². The summed E-state index contributed by atoms with van der Waals surface area (Å²) in [5.41, 5.74) is 2.92. The highest BCUT2D eigenvalue weighted by Gasteiger charge is 2.20. The van der Waals surface area contributed by atoms with E-state index in [0.29, 0.717) is 23.2 Å². The van der Waals surface area contributed by atoms with Gasteiger partial charge in [0.05, 0.1) is 6.26 Å². The fourth-order valence-corrected chi connectivity index (χ4v) is 2.99. The van der Waals surface area contributed by atoms with Crippen LogP contribution in [0.4, 0.5) is 5.69 Å². The molecule has 0 saturated carbocycles. The van der Waals surface area contributed by atoms with Crippen LogP contribution in [-0.4, -0.2) is 26.1 Å². The number of furan rings is 1. The SMILES string of the molecule is CC(C)c1ccc(NC(=O)/C(=C\c2ccco2)n2nnnc2-c2ccccc2)cc1. The largest absolute Gasteiger partial charge is 0.465 e. The highest BCUT2D eigenvalue weighted by atomic mass is 16.3. The molecule has 2 aromatic carbocycles. The molecule has 0 radical (unpaired) electrons. The number of aromatic nitrogens is 4. The third kappa shape index (κ3) is 4.20. The summed E-state index contributed by atoms with van der Waals surface area (Å²) in [5.74, 6) is 1.04. The molecule has 2 heterocycles. The molecule has 1 N–H and O–H groups in total. The van der Waals surface area contributed by atoms with Crippen LogP contribution >= 0.6 is 0 Å². The molecule has 0 aliphatic carbocycles. The number of anilines is 1. The van der Waals surface area contributed by atoms with E-state index in [9.17, 15) is 4.79 Å². The maximum absolute atomic E-state index is 13.2. The Kier molecular flexibility index (Phi) is 5.52. The van der Waals surface area contributed by atoms with Gasteiger partial charge < -0.3 is 9.73 Å². The normalized spacial score (nSPS) is 11.6. The Bertz CT molecular complexity index is 1140. The lowest BCUT2D eigenvalue weighted by Gasteiger charge is -2.11. The first-order valence-corrected chi connectivity index (χ1v) is 9.62. The van der Waals surface area contributed by atoms with Crippen LogP contribution in [-0.2, 0) is 4.79 Å². The topological polar surface area (TPSA) is 85.8 Å². The first kappa shape index (κ1) is 19.3. The average molecular weight is 399 g/mol. The van der Waals surface area contributed by atoms with E-state index in [1.165, 1.54) is 10.2 Å². The number of hydrogen-bond acceptors (Lipinski definition) is 5. The van der Waals surface area contributed by atoms with Gasteiger partial charge in [-0.05, 0) is 46.2 Å². The Balaban J connectivity index is 1.70. The number of carbonyl (C=O) groups excluding carboxylic acids is 1. The Hall–Kier alpha value is -4.00. The second kappa shape index (κ2) is 8.57. The van der Waals surface area contributed by atoms with Crippen molar-refractivity contribution >= 4 is 23.4 Å². The highest BCUT2D eigenvalue weighted by Crippen LogP contribution is 2.22. The van der Waals surface area contributed by atoms with Crippen molar-refractivity contribution in [1.82, 2.24) is 20.2 Å². The second-order valence-corrected chi connectivity index (χ2v) is 7.06. The molecule has 4 rings (SSSR count). The summed E-state index contributed by atoms with van der Waals surface area (Å²) < 4.78 is 6.82. The summed E-state index contributed by atoms with van der Waals surface area (Å²) in [6, 6.07) is 20.7. The minimum Gasteiger partial charge on any atom is -0.465 e. The van der Waals surface area contributed by atoms with Gasteiger partial charge in [-0.25, -0.2) is 0 Å². The van der Waals surface area contributed by atoms with Crippen molar-refractivity contribution in [2.24, 2.45) is 0 Å². The fraction of sp³-hybridized carbons (Fsp3) is 0.130. The third-order valence-corrected chi connectivity index (χ3v) is 4.62. The van der Waals surface area contributed by atoms with Gasteiger partial charge in [-0.1, -0.05) is 56.3 Å². The molecule has 30 heavy (non-hydrogen) atoms. The molecule has 0 aliphatic heterocycles. The fourth-order valence-electron chi connectivity index (χ4n) is 2.99. The molecule has 150 valence electrons. The molecule has 0 bridgehead atoms. The zero-order chi connectivity index (χ0) is 20.9. The zero-order valence-corrected chi connectivity index (χ0v) is 16.7. The predicted molar refractivity (Wildman–Crippen MR) is 115 cm³/mol. The Labute approximate surface area is 174 Å². The summed E-state index contributed by atoms with van der Waals surface area (Å²) >= 11 is 0. The summed E-state index contributed by atoms with van der Waals surface area (Å²) in [4.78, 5) is 13.2. The molecule has 7 nitrogen and oxygen atoms in total. The Morgan fingerprint density at radius 2 is 1.80 bits per heavy atom. The van der Waals surface area contributed by atoms with E-state index in [1.54, 1.807) is 24.5 Å². The summed E-state index contributed by atoms with van der Waals surface area (Å²) in [6.45, 7) is 4.25. The molecule has 0 saturated heterocycles. The van der Waals surface area contributed by atoms with Gasteiger partial charge in [0.2, 0.25) is 0 Å². The first-order chi connectivity index (χ1) is 14.6. The van der Waals surface area contributed by atoms with Crippen LogP contribution in [0.1, 0.15) is 31.1 Å². The summed E-state index contributed by atoms with van der Waals surface area (Å²) in [5, 5.41) is 14.9. The number of carbonyl (C=O) groups is 1. The van der Waals surface area contributed by atoms with E-state index in [-0.39, 0.29) is 11.6 Å². The zero-order valence-electron chi connectivity index (χ0n) is 16.7. The number of hydrogen-bond donors (Lipinski definition) is 1. The van der Waals surface area contributed by atoms with Crippen molar-refractivity contribution in [3.05, 3.63) is 84.3 Å². The maximum atomic E-state index is 13.2. The first-order valence-electron chi connectivity index (χ1n) is 9.62. The lowest BCUT2D eigenvalue weighted by Crippen LogP contribution is -2.19. The smallest absolute Gasteiger partial charge is 0.274 e. The van der Waals surface area contributed by atoms with Crippen LogP contribution in [0.3, 0.4) is 0 Å². The van der Waals surface area contributed by atoms with Crippen LogP contribution in [0, 0.1) is 0 Å². The molecule has 7 heteroatoms. The number of nitrogens with zero attached hydrogens (tertiary/aromatic N) is 4. The Morgan fingerprint density at radius 1 is 1.03 bits per heavy atom. The number of nitrogens with one attached hydrogen (secondary N) is 1. The van der Waals surface area contributed by atoms with Gasteiger partial charge in [0.25, 0.3) is 5.91 Å². The number of amides is 1. The molecular weight excluding hydrogens is 378 g/mol. The second-order valence-electron chi connectivity index (χ2n) is 7.06. The van der Waals surface area contributed by atoms with Gasteiger partial charge in [-0.3, -0.25) is 4.79 Å². The number of benzene rings is 2. The number of tetrazole rings is 1. The standard InChI is InChI=1S/C23H21N5O2/c1-16(2)17-10-12-19(13-11-17)24-23(29)21(15-20-9-6-14-30-20)28-22(25-26-27-28)18-7-4-3-5-8-18/h3-16H,1-2H3,(H,24,29)/b21-15+. The van der Waals surface area contributed by atoms with Crippen molar-refractivity contribution in [1.29, 1.82) is 0 Å². The van der Waals surface area contributed by atoms with Crippen molar-refractivity contribution < 1.29 is 9.21 Å². The lowest BCUT2D eigenvalue weighted by atomic mass is 10.0. The molecule has 0 fully saturated rings. The van der Waals surface area contributed by atoms with Gasteiger partial charge in [0.1, 0.15) is 11.5 Å². The van der Waals surface area contributed by atoms with E-state index < -0.39 is 0 Å². The van der Waals surface area contributed by atoms with Crippen LogP contribution < -0.4 is 5.32 Å².